The first-order valence-electron chi connectivity index (χ1n) is 7.24. The van der Waals surface area contributed by atoms with E-state index in [1.165, 1.54) is 19.2 Å². The third-order valence-electron chi connectivity index (χ3n) is 3.10. The molecule has 0 aliphatic carbocycles. The third kappa shape index (κ3) is 5.91. The van der Waals surface area contributed by atoms with Gasteiger partial charge in [-0.3, -0.25) is 4.79 Å². The zero-order valence-corrected chi connectivity index (χ0v) is 13.5. The number of anilines is 1. The van der Waals surface area contributed by atoms with Crippen LogP contribution in [0.5, 0.6) is 17.2 Å². The Morgan fingerprint density at radius 3 is 2.00 bits per heavy atom. The van der Waals surface area contributed by atoms with E-state index in [4.69, 9.17) is 9.47 Å². The molecule has 0 aromatic heterocycles. The van der Waals surface area contributed by atoms with Gasteiger partial charge in [0.25, 0.3) is 5.91 Å². The number of nitrogens with one attached hydrogen (secondary N) is 1. The summed E-state index contributed by atoms with van der Waals surface area (Å²) >= 11 is 0. The summed E-state index contributed by atoms with van der Waals surface area (Å²) < 4.78 is 50.6. The van der Waals surface area contributed by atoms with E-state index in [1.54, 1.807) is 31.2 Å². The first kappa shape index (κ1) is 18.4. The number of hydrogen-bond acceptors (Lipinski definition) is 4. The van der Waals surface area contributed by atoms with Crippen molar-refractivity contribution in [1.29, 1.82) is 0 Å². The molecule has 134 valence electrons. The number of methoxy groups -OCH3 is 1. The number of amides is 1. The molecule has 0 bridgehead atoms. The van der Waals surface area contributed by atoms with Gasteiger partial charge in [-0.15, -0.1) is 13.2 Å². The molecular formula is C17H16F3NO4. The lowest BCUT2D eigenvalue weighted by molar-refractivity contribution is -0.274. The molecule has 1 atom stereocenters. The molecule has 0 spiro atoms. The number of ether oxygens (including phenoxy) is 3. The second-order valence-electron chi connectivity index (χ2n) is 5.00. The number of alkyl halides is 3. The van der Waals surface area contributed by atoms with Crippen LogP contribution in [0.3, 0.4) is 0 Å². The third-order valence-corrected chi connectivity index (χ3v) is 3.10. The fraction of sp³-hybridized carbons (Fsp3) is 0.235. The highest BCUT2D eigenvalue weighted by Gasteiger charge is 2.31. The number of rotatable bonds is 6. The molecule has 2 aromatic rings. The van der Waals surface area contributed by atoms with Gasteiger partial charge < -0.3 is 19.5 Å². The second-order valence-corrected chi connectivity index (χ2v) is 5.00. The number of halogens is 3. The smallest absolute Gasteiger partial charge is 0.497 e. The van der Waals surface area contributed by atoms with Crippen molar-refractivity contribution in [2.75, 3.05) is 12.4 Å². The van der Waals surface area contributed by atoms with Gasteiger partial charge >= 0.3 is 6.36 Å². The predicted octanol–water partition coefficient (Wildman–Crippen LogP) is 4.00. The molecule has 1 amide bonds. The van der Waals surface area contributed by atoms with Gasteiger partial charge in [-0.25, -0.2) is 0 Å². The van der Waals surface area contributed by atoms with Gasteiger partial charge in [0.1, 0.15) is 17.2 Å². The Hall–Kier alpha value is -2.90. The largest absolute Gasteiger partial charge is 0.573 e. The highest BCUT2D eigenvalue weighted by Crippen LogP contribution is 2.24. The van der Waals surface area contributed by atoms with Crippen LogP contribution < -0.4 is 19.5 Å². The Morgan fingerprint density at radius 1 is 0.960 bits per heavy atom. The average molecular weight is 355 g/mol. The van der Waals surface area contributed by atoms with Crippen LogP contribution in [0.2, 0.25) is 0 Å². The van der Waals surface area contributed by atoms with Gasteiger partial charge in [-0.05, 0) is 55.5 Å². The lowest BCUT2D eigenvalue weighted by atomic mass is 10.2. The minimum atomic E-state index is -4.76. The number of carbonyl (C=O) groups excluding carboxylic acids is 1. The predicted molar refractivity (Wildman–Crippen MR) is 84.8 cm³/mol. The summed E-state index contributed by atoms with van der Waals surface area (Å²) in [4.78, 5) is 12.1. The fourth-order valence-electron chi connectivity index (χ4n) is 1.90. The van der Waals surface area contributed by atoms with Crippen LogP contribution in [0.25, 0.3) is 0 Å². The van der Waals surface area contributed by atoms with Crippen LogP contribution in [0.1, 0.15) is 6.92 Å². The molecule has 2 rings (SSSR count). The van der Waals surface area contributed by atoms with Crippen molar-refractivity contribution in [2.24, 2.45) is 0 Å². The molecule has 5 nitrogen and oxygen atoms in total. The Morgan fingerprint density at radius 2 is 1.48 bits per heavy atom. The van der Waals surface area contributed by atoms with Crippen LogP contribution in [-0.4, -0.2) is 25.5 Å². The first-order valence-corrected chi connectivity index (χ1v) is 7.24. The molecule has 0 aliphatic rings. The van der Waals surface area contributed by atoms with Gasteiger partial charge in [0.05, 0.1) is 7.11 Å². The Kier molecular flexibility index (Phi) is 5.74. The monoisotopic (exact) mass is 355 g/mol. The topological polar surface area (TPSA) is 56.8 Å². The molecular weight excluding hydrogens is 339 g/mol. The highest BCUT2D eigenvalue weighted by atomic mass is 19.4. The maximum absolute atomic E-state index is 12.1. The van der Waals surface area contributed by atoms with Gasteiger partial charge in [0.15, 0.2) is 6.10 Å². The van der Waals surface area contributed by atoms with E-state index in [-0.39, 0.29) is 5.75 Å². The lowest BCUT2D eigenvalue weighted by Crippen LogP contribution is -2.30. The van der Waals surface area contributed by atoms with Gasteiger partial charge in [0, 0.05) is 5.69 Å². The van der Waals surface area contributed by atoms with Crippen molar-refractivity contribution in [3.63, 3.8) is 0 Å². The summed E-state index contributed by atoms with van der Waals surface area (Å²) in [6.07, 6.45) is -5.56. The summed E-state index contributed by atoms with van der Waals surface area (Å²) in [7, 11) is 1.54. The average Bonchev–Trinajstić information content (AvgIpc) is 2.56. The van der Waals surface area contributed by atoms with E-state index in [1.807, 2.05) is 0 Å². The van der Waals surface area contributed by atoms with Crippen LogP contribution in [0.4, 0.5) is 18.9 Å². The fourth-order valence-corrected chi connectivity index (χ4v) is 1.90. The van der Waals surface area contributed by atoms with Crippen LogP contribution >= 0.6 is 0 Å². The van der Waals surface area contributed by atoms with Crippen LogP contribution in [-0.2, 0) is 4.79 Å². The second kappa shape index (κ2) is 7.78. The van der Waals surface area contributed by atoms with E-state index in [9.17, 15) is 18.0 Å². The minimum absolute atomic E-state index is 0.324. The zero-order chi connectivity index (χ0) is 18.4. The first-order chi connectivity index (χ1) is 11.8. The molecule has 0 fully saturated rings. The molecule has 8 heteroatoms. The number of carbonyl (C=O) groups is 1. The van der Waals surface area contributed by atoms with E-state index in [0.717, 1.165) is 12.1 Å². The van der Waals surface area contributed by atoms with Gasteiger partial charge in [0.2, 0.25) is 0 Å². The van der Waals surface area contributed by atoms with E-state index < -0.39 is 18.4 Å². The van der Waals surface area contributed by atoms with Crippen molar-refractivity contribution in [1.82, 2.24) is 0 Å². The highest BCUT2D eigenvalue weighted by molar-refractivity contribution is 5.94. The summed E-state index contributed by atoms with van der Waals surface area (Å²) in [5, 5.41) is 2.55. The quantitative estimate of drug-likeness (QED) is 0.851. The molecule has 0 radical (unpaired) electrons. The van der Waals surface area contributed by atoms with Crippen molar-refractivity contribution in [2.45, 2.75) is 19.4 Å². The normalized spacial score (nSPS) is 12.2. The summed E-state index contributed by atoms with van der Waals surface area (Å²) in [5.74, 6) is 0.330. The Balaban J connectivity index is 1.91. The Labute approximate surface area is 142 Å². The Bertz CT molecular complexity index is 699. The van der Waals surface area contributed by atoms with Gasteiger partial charge in [-0.1, -0.05) is 0 Å². The van der Waals surface area contributed by atoms with E-state index in [2.05, 4.69) is 10.1 Å². The maximum atomic E-state index is 12.1. The summed E-state index contributed by atoms with van der Waals surface area (Å²) in [6.45, 7) is 1.56. The molecule has 2 aromatic carbocycles. The van der Waals surface area contributed by atoms with Crippen molar-refractivity contribution in [3.05, 3.63) is 48.5 Å². The van der Waals surface area contributed by atoms with Crippen molar-refractivity contribution >= 4 is 11.6 Å². The molecule has 1 N–H and O–H groups in total. The van der Waals surface area contributed by atoms with E-state index in [0.29, 0.717) is 17.2 Å². The molecule has 0 saturated carbocycles. The van der Waals surface area contributed by atoms with Crippen LogP contribution in [0.15, 0.2) is 48.5 Å². The van der Waals surface area contributed by atoms with Gasteiger partial charge in [-0.2, -0.15) is 0 Å². The minimum Gasteiger partial charge on any atom is -0.497 e. The molecule has 0 heterocycles. The van der Waals surface area contributed by atoms with Crippen molar-refractivity contribution < 1.29 is 32.2 Å². The molecule has 25 heavy (non-hydrogen) atoms. The summed E-state index contributed by atoms with van der Waals surface area (Å²) in [5.41, 5.74) is 0.324. The lowest BCUT2D eigenvalue weighted by Gasteiger charge is -2.15. The maximum Gasteiger partial charge on any atom is 0.573 e. The molecule has 1 unspecified atom stereocenters. The van der Waals surface area contributed by atoms with Crippen molar-refractivity contribution in [3.8, 4) is 17.2 Å². The number of benzene rings is 2. The number of hydrogen-bond donors (Lipinski definition) is 1. The van der Waals surface area contributed by atoms with E-state index >= 15 is 0 Å². The molecule has 0 saturated heterocycles. The SMILES string of the molecule is COc1ccc(OC(C)C(=O)Nc2ccc(OC(F)(F)F)cc2)cc1. The summed E-state index contributed by atoms with van der Waals surface area (Å²) in [6, 6.07) is 11.5. The zero-order valence-electron chi connectivity index (χ0n) is 13.5. The van der Waals surface area contributed by atoms with Crippen LogP contribution in [0, 0.1) is 0 Å². The molecule has 0 aliphatic heterocycles. The standard InChI is InChI=1S/C17H16F3NO4/c1-11(24-14-9-7-13(23-2)8-10-14)16(22)21-12-3-5-15(6-4-12)25-17(18,19)20/h3-11H,1-2H3,(H,21,22).